The van der Waals surface area contributed by atoms with Gasteiger partial charge in [-0.2, -0.15) is 0 Å². The van der Waals surface area contributed by atoms with E-state index in [0.717, 1.165) is 18.2 Å². The lowest BCUT2D eigenvalue weighted by molar-refractivity contribution is 0.578. The molecule has 2 aromatic rings. The quantitative estimate of drug-likeness (QED) is 0.908. The average molecular weight is 362 g/mol. The second-order valence-electron chi connectivity index (χ2n) is 4.03. The molecule has 0 aliphatic heterocycles. The first-order valence-electron chi connectivity index (χ1n) is 5.58. The molecule has 0 spiro atoms. The van der Waals surface area contributed by atoms with Crippen molar-refractivity contribution in [3.05, 3.63) is 64.1 Å². The highest BCUT2D eigenvalue weighted by Gasteiger charge is 2.17. The number of sulfonamides is 1. The van der Waals surface area contributed by atoms with Gasteiger partial charge in [0, 0.05) is 11.0 Å². The molecule has 0 bridgehead atoms. The molecule has 1 N–H and O–H groups in total. The molecular weight excluding hydrogens is 352 g/mol. The molecule has 0 unspecified atom stereocenters. The maximum Gasteiger partial charge on any atom is 0.241 e. The number of rotatable bonds is 4. The Hall–Kier alpha value is -1.31. The van der Waals surface area contributed by atoms with Gasteiger partial charge < -0.3 is 0 Å². The standard InChI is InChI=1S/C13H10BrF2NO2S/c14-12-7-11(16)4-5-13(12)20(18,19)17-8-9-2-1-3-10(15)6-9/h1-7,17H,8H2. The van der Waals surface area contributed by atoms with Gasteiger partial charge in [0.1, 0.15) is 11.6 Å². The van der Waals surface area contributed by atoms with Crippen LogP contribution in [0.25, 0.3) is 0 Å². The monoisotopic (exact) mass is 361 g/mol. The van der Waals surface area contributed by atoms with Gasteiger partial charge in [-0.15, -0.1) is 0 Å². The summed E-state index contributed by atoms with van der Waals surface area (Å²) in [6, 6.07) is 8.89. The van der Waals surface area contributed by atoms with Crippen LogP contribution in [0.3, 0.4) is 0 Å². The van der Waals surface area contributed by atoms with Crippen LogP contribution in [0.4, 0.5) is 8.78 Å². The van der Waals surface area contributed by atoms with E-state index in [-0.39, 0.29) is 15.9 Å². The molecule has 3 nitrogen and oxygen atoms in total. The van der Waals surface area contributed by atoms with Gasteiger partial charge in [0.25, 0.3) is 0 Å². The smallest absolute Gasteiger partial charge is 0.207 e. The van der Waals surface area contributed by atoms with E-state index in [1.54, 1.807) is 6.07 Å². The number of nitrogens with one attached hydrogen (secondary N) is 1. The molecule has 0 fully saturated rings. The predicted molar refractivity (Wildman–Crippen MR) is 74.5 cm³/mol. The van der Waals surface area contributed by atoms with Crippen molar-refractivity contribution in [2.45, 2.75) is 11.4 Å². The molecule has 0 aromatic heterocycles. The fraction of sp³-hybridized carbons (Fsp3) is 0.0769. The summed E-state index contributed by atoms with van der Waals surface area (Å²) < 4.78 is 52.5. The van der Waals surface area contributed by atoms with E-state index in [2.05, 4.69) is 20.7 Å². The van der Waals surface area contributed by atoms with Crippen LogP contribution < -0.4 is 4.72 Å². The maximum absolute atomic E-state index is 13.0. The molecule has 0 amide bonds. The molecule has 0 saturated carbocycles. The minimum atomic E-state index is -3.80. The highest BCUT2D eigenvalue weighted by atomic mass is 79.9. The van der Waals surface area contributed by atoms with E-state index in [1.807, 2.05) is 0 Å². The normalized spacial score (nSPS) is 11.6. The molecule has 2 rings (SSSR count). The van der Waals surface area contributed by atoms with E-state index < -0.39 is 21.7 Å². The SMILES string of the molecule is O=S(=O)(NCc1cccc(F)c1)c1ccc(F)cc1Br. The first kappa shape index (κ1) is 15.1. The summed E-state index contributed by atoms with van der Waals surface area (Å²) in [5.41, 5.74) is 0.492. The maximum atomic E-state index is 13.0. The van der Waals surface area contributed by atoms with Crippen LogP contribution in [0.1, 0.15) is 5.56 Å². The Morgan fingerprint density at radius 1 is 1.05 bits per heavy atom. The highest BCUT2D eigenvalue weighted by Crippen LogP contribution is 2.22. The zero-order valence-corrected chi connectivity index (χ0v) is 12.5. The van der Waals surface area contributed by atoms with Crippen molar-refractivity contribution in [3.8, 4) is 0 Å². The molecule has 0 heterocycles. The second kappa shape index (κ2) is 5.99. The van der Waals surface area contributed by atoms with Gasteiger partial charge in [0.15, 0.2) is 0 Å². The third-order valence-corrected chi connectivity index (χ3v) is 4.92. The molecule has 20 heavy (non-hydrogen) atoms. The molecule has 0 aliphatic carbocycles. The summed E-state index contributed by atoms with van der Waals surface area (Å²) in [6.07, 6.45) is 0. The molecule has 0 atom stereocenters. The average Bonchev–Trinajstić information content (AvgIpc) is 2.36. The molecule has 106 valence electrons. The van der Waals surface area contributed by atoms with Crippen LogP contribution in [-0.4, -0.2) is 8.42 Å². The van der Waals surface area contributed by atoms with Crippen LogP contribution >= 0.6 is 15.9 Å². The van der Waals surface area contributed by atoms with Gasteiger partial charge in [0.2, 0.25) is 10.0 Å². The van der Waals surface area contributed by atoms with Crippen molar-refractivity contribution in [3.63, 3.8) is 0 Å². The van der Waals surface area contributed by atoms with Crippen molar-refractivity contribution in [2.24, 2.45) is 0 Å². The van der Waals surface area contributed by atoms with E-state index in [4.69, 9.17) is 0 Å². The lowest BCUT2D eigenvalue weighted by Crippen LogP contribution is -2.23. The molecular formula is C13H10BrF2NO2S. The summed E-state index contributed by atoms with van der Waals surface area (Å²) in [6.45, 7) is -0.0517. The zero-order chi connectivity index (χ0) is 14.8. The Bertz CT molecular complexity index is 735. The first-order valence-corrected chi connectivity index (χ1v) is 7.85. The molecule has 0 saturated heterocycles. The third-order valence-electron chi connectivity index (χ3n) is 2.54. The predicted octanol–water partition coefficient (Wildman–Crippen LogP) is 3.21. The Balaban J connectivity index is 2.19. The number of hydrogen-bond donors (Lipinski definition) is 1. The van der Waals surface area contributed by atoms with E-state index in [1.165, 1.54) is 18.2 Å². The topological polar surface area (TPSA) is 46.2 Å². The third kappa shape index (κ3) is 3.62. The van der Waals surface area contributed by atoms with Crippen LogP contribution in [0, 0.1) is 11.6 Å². The van der Waals surface area contributed by atoms with Gasteiger partial charge in [-0.05, 0) is 51.8 Å². The lowest BCUT2D eigenvalue weighted by Gasteiger charge is -2.08. The molecule has 2 aromatic carbocycles. The summed E-state index contributed by atoms with van der Waals surface area (Å²) >= 11 is 3.00. The van der Waals surface area contributed by atoms with Crippen molar-refractivity contribution < 1.29 is 17.2 Å². The number of benzene rings is 2. The van der Waals surface area contributed by atoms with Crippen LogP contribution in [0.2, 0.25) is 0 Å². The number of halogens is 3. The van der Waals surface area contributed by atoms with Gasteiger partial charge in [-0.25, -0.2) is 21.9 Å². The van der Waals surface area contributed by atoms with E-state index >= 15 is 0 Å². The van der Waals surface area contributed by atoms with Crippen molar-refractivity contribution >= 4 is 26.0 Å². The lowest BCUT2D eigenvalue weighted by atomic mass is 10.2. The van der Waals surface area contributed by atoms with Gasteiger partial charge in [0.05, 0.1) is 4.90 Å². The molecule has 7 heteroatoms. The Kier molecular flexibility index (Phi) is 4.52. The van der Waals surface area contributed by atoms with E-state index in [0.29, 0.717) is 5.56 Å². The molecule has 0 radical (unpaired) electrons. The minimum Gasteiger partial charge on any atom is -0.207 e. The first-order chi connectivity index (χ1) is 9.38. The van der Waals surface area contributed by atoms with Gasteiger partial charge in [-0.1, -0.05) is 12.1 Å². The summed E-state index contributed by atoms with van der Waals surface area (Å²) in [5.74, 6) is -0.981. The minimum absolute atomic E-state index is 0.0517. The molecule has 0 aliphatic rings. The zero-order valence-electron chi connectivity index (χ0n) is 10.1. The van der Waals surface area contributed by atoms with E-state index in [9.17, 15) is 17.2 Å². The van der Waals surface area contributed by atoms with Crippen LogP contribution in [-0.2, 0) is 16.6 Å². The second-order valence-corrected chi connectivity index (χ2v) is 6.62. The van der Waals surface area contributed by atoms with Crippen molar-refractivity contribution in [1.82, 2.24) is 4.72 Å². The fourth-order valence-electron chi connectivity index (χ4n) is 1.60. The van der Waals surface area contributed by atoms with Gasteiger partial charge >= 0.3 is 0 Å². The fourth-order valence-corrected chi connectivity index (χ4v) is 3.66. The Morgan fingerprint density at radius 3 is 2.40 bits per heavy atom. The Labute approximate surface area is 123 Å². The van der Waals surface area contributed by atoms with Gasteiger partial charge in [-0.3, -0.25) is 0 Å². The van der Waals surface area contributed by atoms with Crippen LogP contribution in [0.5, 0.6) is 0 Å². The number of hydrogen-bond acceptors (Lipinski definition) is 2. The van der Waals surface area contributed by atoms with Crippen molar-refractivity contribution in [2.75, 3.05) is 0 Å². The summed E-state index contributed by atoms with van der Waals surface area (Å²) in [5, 5.41) is 0. The van der Waals surface area contributed by atoms with Crippen LogP contribution in [0.15, 0.2) is 51.8 Å². The summed E-state index contributed by atoms with van der Waals surface area (Å²) in [4.78, 5) is -0.0738. The highest BCUT2D eigenvalue weighted by molar-refractivity contribution is 9.10. The summed E-state index contributed by atoms with van der Waals surface area (Å²) in [7, 11) is -3.80. The Morgan fingerprint density at radius 2 is 1.75 bits per heavy atom. The largest absolute Gasteiger partial charge is 0.241 e. The van der Waals surface area contributed by atoms with Crippen molar-refractivity contribution in [1.29, 1.82) is 0 Å².